The third-order valence-electron chi connectivity index (χ3n) is 1.78. The predicted molar refractivity (Wildman–Crippen MR) is 46.6 cm³/mol. The summed E-state index contributed by atoms with van der Waals surface area (Å²) < 4.78 is 1.75. The van der Waals surface area contributed by atoms with E-state index in [0.29, 0.717) is 10.7 Å². The molecule has 0 unspecified atom stereocenters. The number of aromatic hydroxyl groups is 1. The maximum absolute atomic E-state index is 9.42. The first-order chi connectivity index (χ1) is 5.70. The van der Waals surface area contributed by atoms with Crippen molar-refractivity contribution < 1.29 is 5.11 Å². The molecule has 0 bridgehead atoms. The Morgan fingerprint density at radius 1 is 1.58 bits per heavy atom. The summed E-state index contributed by atoms with van der Waals surface area (Å²) in [5.41, 5.74) is 0.566. The number of halogens is 1. The molecule has 2 rings (SSSR count). The summed E-state index contributed by atoms with van der Waals surface area (Å²) in [6, 6.07) is 3.33. The lowest BCUT2D eigenvalue weighted by Crippen LogP contribution is -1.85. The maximum Gasteiger partial charge on any atom is 0.158 e. The Morgan fingerprint density at radius 2 is 2.33 bits per heavy atom. The van der Waals surface area contributed by atoms with Crippen molar-refractivity contribution in [2.45, 2.75) is 6.92 Å². The molecule has 2 aromatic heterocycles. The van der Waals surface area contributed by atoms with Crippen molar-refractivity contribution in [2.24, 2.45) is 0 Å². The van der Waals surface area contributed by atoms with Crippen molar-refractivity contribution in [3.8, 4) is 5.75 Å². The molecule has 2 heterocycles. The first-order valence-electron chi connectivity index (χ1n) is 3.52. The lowest BCUT2D eigenvalue weighted by atomic mass is 10.4. The summed E-state index contributed by atoms with van der Waals surface area (Å²) in [6.07, 6.45) is 1.81. The SMILES string of the molecule is Cc1nc(Cl)c2c(O)cccn12. The molecule has 0 atom stereocenters. The molecule has 12 heavy (non-hydrogen) atoms. The number of aryl methyl sites for hydroxylation is 1. The van der Waals surface area contributed by atoms with Gasteiger partial charge < -0.3 is 5.11 Å². The maximum atomic E-state index is 9.42. The standard InChI is InChI=1S/C8H7ClN2O/c1-5-10-8(9)7-6(12)3-2-4-11(5)7/h2-4,12H,1H3. The number of fused-ring (bicyclic) bond motifs is 1. The van der Waals surface area contributed by atoms with Crippen LogP contribution in [-0.2, 0) is 0 Å². The van der Waals surface area contributed by atoms with Crippen molar-refractivity contribution in [1.29, 1.82) is 0 Å². The summed E-state index contributed by atoms with van der Waals surface area (Å²) >= 11 is 5.79. The van der Waals surface area contributed by atoms with Crippen LogP contribution in [0.5, 0.6) is 5.75 Å². The second kappa shape index (κ2) is 2.38. The van der Waals surface area contributed by atoms with Crippen molar-refractivity contribution in [2.75, 3.05) is 0 Å². The predicted octanol–water partition coefficient (Wildman–Crippen LogP) is 2.00. The fraction of sp³-hybridized carbons (Fsp3) is 0.125. The highest BCUT2D eigenvalue weighted by molar-refractivity contribution is 6.33. The number of pyridine rings is 1. The van der Waals surface area contributed by atoms with Crippen LogP contribution in [0.3, 0.4) is 0 Å². The fourth-order valence-corrected chi connectivity index (χ4v) is 1.53. The quantitative estimate of drug-likeness (QED) is 0.677. The lowest BCUT2D eigenvalue weighted by Gasteiger charge is -1.96. The summed E-state index contributed by atoms with van der Waals surface area (Å²) in [4.78, 5) is 4.02. The van der Waals surface area contributed by atoms with Gasteiger partial charge in [-0.15, -0.1) is 0 Å². The van der Waals surface area contributed by atoms with E-state index >= 15 is 0 Å². The normalized spacial score (nSPS) is 10.8. The molecular weight excluding hydrogens is 176 g/mol. The summed E-state index contributed by atoms with van der Waals surface area (Å²) in [6.45, 7) is 1.83. The largest absolute Gasteiger partial charge is 0.506 e. The van der Waals surface area contributed by atoms with Crippen LogP contribution in [-0.4, -0.2) is 14.5 Å². The minimum atomic E-state index is 0.156. The van der Waals surface area contributed by atoms with Gasteiger partial charge in [-0.1, -0.05) is 11.6 Å². The molecule has 0 aliphatic rings. The Labute approximate surface area is 74.2 Å². The van der Waals surface area contributed by atoms with Gasteiger partial charge in [-0.25, -0.2) is 4.98 Å². The smallest absolute Gasteiger partial charge is 0.158 e. The third-order valence-corrected chi connectivity index (χ3v) is 2.04. The van der Waals surface area contributed by atoms with Crippen LogP contribution in [0.2, 0.25) is 5.15 Å². The zero-order chi connectivity index (χ0) is 8.72. The summed E-state index contributed by atoms with van der Waals surface area (Å²) in [7, 11) is 0. The van der Waals surface area contributed by atoms with E-state index in [2.05, 4.69) is 4.98 Å². The number of aromatic nitrogens is 2. The van der Waals surface area contributed by atoms with Crippen LogP contribution >= 0.6 is 11.6 Å². The van der Waals surface area contributed by atoms with E-state index in [4.69, 9.17) is 11.6 Å². The van der Waals surface area contributed by atoms with Crippen molar-refractivity contribution >= 4 is 17.1 Å². The van der Waals surface area contributed by atoms with E-state index in [1.54, 1.807) is 16.5 Å². The Balaban J connectivity index is 2.99. The highest BCUT2D eigenvalue weighted by Crippen LogP contribution is 2.25. The Hall–Kier alpha value is -1.22. The van der Waals surface area contributed by atoms with Crippen molar-refractivity contribution in [1.82, 2.24) is 9.38 Å². The summed E-state index contributed by atoms with van der Waals surface area (Å²) in [5, 5.41) is 9.76. The van der Waals surface area contributed by atoms with Gasteiger partial charge in [0.05, 0.1) is 0 Å². The van der Waals surface area contributed by atoms with Crippen molar-refractivity contribution in [3.63, 3.8) is 0 Å². The number of imidazole rings is 1. The van der Waals surface area contributed by atoms with Crippen LogP contribution in [0.15, 0.2) is 18.3 Å². The molecule has 0 aliphatic heterocycles. The molecule has 3 nitrogen and oxygen atoms in total. The van der Waals surface area contributed by atoms with Crippen LogP contribution in [0.4, 0.5) is 0 Å². The molecule has 0 amide bonds. The van der Waals surface area contributed by atoms with Gasteiger partial charge in [0.1, 0.15) is 17.1 Å². The van der Waals surface area contributed by atoms with Gasteiger partial charge in [0.25, 0.3) is 0 Å². The third kappa shape index (κ3) is 0.865. The fourth-order valence-electron chi connectivity index (χ4n) is 1.22. The molecule has 0 radical (unpaired) electrons. The number of rotatable bonds is 0. The topological polar surface area (TPSA) is 37.5 Å². The van der Waals surface area contributed by atoms with Crippen LogP contribution in [0.25, 0.3) is 5.52 Å². The van der Waals surface area contributed by atoms with Gasteiger partial charge in [-0.2, -0.15) is 0 Å². The number of nitrogens with zero attached hydrogens (tertiary/aromatic N) is 2. The van der Waals surface area contributed by atoms with E-state index in [-0.39, 0.29) is 5.75 Å². The molecular formula is C8H7ClN2O. The second-order valence-electron chi connectivity index (χ2n) is 2.56. The molecule has 2 aromatic rings. The van der Waals surface area contributed by atoms with Gasteiger partial charge in [-0.3, -0.25) is 4.40 Å². The monoisotopic (exact) mass is 182 g/mol. The molecule has 1 N–H and O–H groups in total. The van der Waals surface area contributed by atoms with E-state index in [0.717, 1.165) is 5.82 Å². The molecule has 0 fully saturated rings. The second-order valence-corrected chi connectivity index (χ2v) is 2.92. The van der Waals surface area contributed by atoms with Gasteiger partial charge in [-0.05, 0) is 19.1 Å². The average molecular weight is 183 g/mol. The zero-order valence-electron chi connectivity index (χ0n) is 6.45. The summed E-state index contributed by atoms with van der Waals surface area (Å²) in [5.74, 6) is 0.925. The van der Waals surface area contributed by atoms with Gasteiger partial charge in [0.15, 0.2) is 5.15 Å². The lowest BCUT2D eigenvalue weighted by molar-refractivity contribution is 0.479. The van der Waals surface area contributed by atoms with Crippen LogP contribution < -0.4 is 0 Å². The minimum absolute atomic E-state index is 0.156. The highest BCUT2D eigenvalue weighted by Gasteiger charge is 2.08. The first-order valence-corrected chi connectivity index (χ1v) is 3.90. The number of hydrogen-bond acceptors (Lipinski definition) is 2. The van der Waals surface area contributed by atoms with E-state index in [1.807, 2.05) is 13.1 Å². The zero-order valence-corrected chi connectivity index (χ0v) is 7.21. The van der Waals surface area contributed by atoms with E-state index in [9.17, 15) is 5.11 Å². The Bertz CT molecular complexity index is 436. The average Bonchev–Trinajstić information content (AvgIpc) is 2.29. The molecule has 62 valence electrons. The molecule has 0 spiro atoms. The van der Waals surface area contributed by atoms with Crippen LogP contribution in [0, 0.1) is 6.92 Å². The Morgan fingerprint density at radius 3 is 3.00 bits per heavy atom. The first kappa shape index (κ1) is 7.43. The van der Waals surface area contributed by atoms with Crippen LogP contribution in [0.1, 0.15) is 5.82 Å². The molecule has 0 aliphatic carbocycles. The van der Waals surface area contributed by atoms with Gasteiger partial charge >= 0.3 is 0 Å². The Kier molecular flexibility index (Phi) is 1.48. The van der Waals surface area contributed by atoms with Crippen molar-refractivity contribution in [3.05, 3.63) is 29.3 Å². The molecule has 0 saturated heterocycles. The molecule has 4 heteroatoms. The molecule has 0 aromatic carbocycles. The number of hydrogen-bond donors (Lipinski definition) is 1. The molecule has 0 saturated carbocycles. The van der Waals surface area contributed by atoms with E-state index < -0.39 is 0 Å². The highest BCUT2D eigenvalue weighted by atomic mass is 35.5. The van der Waals surface area contributed by atoms with E-state index in [1.165, 1.54) is 0 Å². The van der Waals surface area contributed by atoms with Gasteiger partial charge in [0.2, 0.25) is 0 Å². The van der Waals surface area contributed by atoms with Gasteiger partial charge in [0, 0.05) is 6.20 Å². The minimum Gasteiger partial charge on any atom is -0.506 e.